The molecule has 124 valence electrons. The summed E-state index contributed by atoms with van der Waals surface area (Å²) in [6, 6.07) is 12.5. The summed E-state index contributed by atoms with van der Waals surface area (Å²) in [6.45, 7) is 1.85. The highest BCUT2D eigenvalue weighted by Gasteiger charge is 2.39. The molecular formula is C17H13BrCl2N2O2. The monoisotopic (exact) mass is 426 g/mol. The van der Waals surface area contributed by atoms with E-state index in [9.17, 15) is 9.90 Å². The lowest BCUT2D eigenvalue weighted by molar-refractivity contribution is -0.129. The van der Waals surface area contributed by atoms with Crippen LogP contribution in [0.1, 0.15) is 18.5 Å². The average molecular weight is 428 g/mol. The van der Waals surface area contributed by atoms with Crippen LogP contribution in [0.25, 0.3) is 0 Å². The van der Waals surface area contributed by atoms with Gasteiger partial charge in [0.15, 0.2) is 5.71 Å². The Morgan fingerprint density at radius 3 is 2.46 bits per heavy atom. The molecule has 0 radical (unpaired) electrons. The molecule has 3 rings (SSSR count). The molecule has 0 amide bonds. The maximum atomic E-state index is 11.5. The minimum Gasteiger partial charge on any atom is -0.477 e. The van der Waals surface area contributed by atoms with Crippen molar-refractivity contribution in [1.29, 1.82) is 0 Å². The molecule has 24 heavy (non-hydrogen) atoms. The van der Waals surface area contributed by atoms with Gasteiger partial charge in [0.2, 0.25) is 0 Å². The first-order valence-corrected chi connectivity index (χ1v) is 8.75. The van der Waals surface area contributed by atoms with Gasteiger partial charge in [-0.25, -0.2) is 4.79 Å². The lowest BCUT2D eigenvalue weighted by Crippen LogP contribution is -2.26. The number of carboxylic acids is 1. The predicted molar refractivity (Wildman–Crippen MR) is 100 cm³/mol. The number of hydrogen-bond acceptors (Lipinski definition) is 3. The molecule has 0 aromatic heterocycles. The number of carbonyl (C=O) groups is 1. The van der Waals surface area contributed by atoms with Gasteiger partial charge in [0.1, 0.15) is 0 Å². The maximum absolute atomic E-state index is 11.5. The van der Waals surface area contributed by atoms with Crippen molar-refractivity contribution in [3.63, 3.8) is 0 Å². The molecule has 7 heteroatoms. The second kappa shape index (κ2) is 6.75. The fourth-order valence-corrected chi connectivity index (χ4v) is 3.59. The Balaban J connectivity index is 2.11. The standard InChI is InChI=1S/C17H13BrCl2N2O2/c1-9-15(17(23)24)21-22(14-7-6-12(19)8-13(14)20)16(9)10-2-4-11(18)5-3-10/h2-9,16H,1H3,(H,23,24)/t9-,16-/m0/s1. The predicted octanol–water partition coefficient (Wildman–Crippen LogP) is 5.39. The van der Waals surface area contributed by atoms with Gasteiger partial charge in [-0.15, -0.1) is 0 Å². The number of hydrogen-bond donors (Lipinski definition) is 1. The lowest BCUT2D eigenvalue weighted by Gasteiger charge is -2.27. The van der Waals surface area contributed by atoms with Crippen molar-refractivity contribution in [1.82, 2.24) is 0 Å². The van der Waals surface area contributed by atoms with Crippen LogP contribution in [0, 0.1) is 5.92 Å². The molecule has 0 bridgehead atoms. The first-order chi connectivity index (χ1) is 11.4. The molecule has 0 spiro atoms. The highest BCUT2D eigenvalue weighted by molar-refractivity contribution is 9.10. The summed E-state index contributed by atoms with van der Waals surface area (Å²) >= 11 is 15.7. The second-order valence-electron chi connectivity index (χ2n) is 5.52. The number of nitrogens with zero attached hydrogens (tertiary/aromatic N) is 2. The van der Waals surface area contributed by atoms with Crippen molar-refractivity contribution in [2.75, 3.05) is 5.01 Å². The number of halogens is 3. The van der Waals surface area contributed by atoms with E-state index < -0.39 is 5.97 Å². The maximum Gasteiger partial charge on any atom is 0.352 e. The van der Waals surface area contributed by atoms with Crippen LogP contribution < -0.4 is 5.01 Å². The van der Waals surface area contributed by atoms with Crippen LogP contribution in [-0.4, -0.2) is 16.8 Å². The first kappa shape index (κ1) is 17.3. The first-order valence-electron chi connectivity index (χ1n) is 7.20. The van der Waals surface area contributed by atoms with Crippen molar-refractivity contribution < 1.29 is 9.90 Å². The second-order valence-corrected chi connectivity index (χ2v) is 7.28. The lowest BCUT2D eigenvalue weighted by atomic mass is 9.91. The Labute approximate surface area is 157 Å². The summed E-state index contributed by atoms with van der Waals surface area (Å²) in [6.07, 6.45) is 0. The zero-order valence-electron chi connectivity index (χ0n) is 12.6. The summed E-state index contributed by atoms with van der Waals surface area (Å²) < 4.78 is 0.951. The topological polar surface area (TPSA) is 52.9 Å². The van der Waals surface area contributed by atoms with E-state index in [0.717, 1.165) is 10.0 Å². The van der Waals surface area contributed by atoms with Gasteiger partial charge in [-0.05, 0) is 35.9 Å². The molecule has 0 aliphatic carbocycles. The number of anilines is 1. The average Bonchev–Trinajstić information content (AvgIpc) is 2.86. The summed E-state index contributed by atoms with van der Waals surface area (Å²) in [5.74, 6) is -1.33. The normalized spacial score (nSPS) is 20.2. The van der Waals surface area contributed by atoms with Gasteiger partial charge >= 0.3 is 5.97 Å². The third-order valence-corrected chi connectivity index (χ3v) is 5.04. The van der Waals surface area contributed by atoms with E-state index in [1.165, 1.54) is 0 Å². The highest BCUT2D eigenvalue weighted by Crippen LogP contribution is 2.42. The largest absolute Gasteiger partial charge is 0.477 e. The molecule has 1 N–H and O–H groups in total. The van der Waals surface area contributed by atoms with E-state index in [1.807, 2.05) is 31.2 Å². The Bertz CT molecular complexity index is 824. The smallest absolute Gasteiger partial charge is 0.352 e. The third-order valence-electron chi connectivity index (χ3n) is 3.97. The van der Waals surface area contributed by atoms with Crippen LogP contribution >= 0.6 is 39.1 Å². The molecule has 1 aliphatic rings. The van der Waals surface area contributed by atoms with E-state index in [-0.39, 0.29) is 17.7 Å². The van der Waals surface area contributed by atoms with E-state index in [2.05, 4.69) is 21.0 Å². The Morgan fingerprint density at radius 2 is 1.88 bits per heavy atom. The molecule has 2 atom stereocenters. The minimum absolute atomic E-state index is 0.105. The molecular weight excluding hydrogens is 415 g/mol. The zero-order valence-corrected chi connectivity index (χ0v) is 15.7. The van der Waals surface area contributed by atoms with Gasteiger partial charge in [0, 0.05) is 15.4 Å². The van der Waals surface area contributed by atoms with Gasteiger partial charge in [0.05, 0.1) is 16.8 Å². The number of hydrazone groups is 1. The van der Waals surface area contributed by atoms with Crippen LogP contribution in [0.3, 0.4) is 0 Å². The van der Waals surface area contributed by atoms with Gasteiger partial charge < -0.3 is 5.11 Å². The number of aliphatic carboxylic acids is 1. The molecule has 0 saturated heterocycles. The molecule has 1 aliphatic heterocycles. The summed E-state index contributed by atoms with van der Waals surface area (Å²) in [4.78, 5) is 11.5. The summed E-state index contributed by atoms with van der Waals surface area (Å²) in [5.41, 5.74) is 1.68. The van der Waals surface area contributed by atoms with Crippen LogP contribution in [-0.2, 0) is 4.79 Å². The molecule has 1 heterocycles. The van der Waals surface area contributed by atoms with Crippen molar-refractivity contribution in [2.45, 2.75) is 13.0 Å². The SMILES string of the molecule is C[C@H]1C(C(=O)O)=NN(c2ccc(Cl)cc2Cl)[C@@H]1c1ccc(Br)cc1. The molecule has 2 aromatic carbocycles. The highest BCUT2D eigenvalue weighted by atomic mass is 79.9. The fourth-order valence-electron chi connectivity index (χ4n) is 2.83. The number of rotatable bonds is 3. The molecule has 0 unspecified atom stereocenters. The van der Waals surface area contributed by atoms with E-state index in [1.54, 1.807) is 23.2 Å². The Morgan fingerprint density at radius 1 is 1.21 bits per heavy atom. The fraction of sp³-hybridized carbons (Fsp3) is 0.176. The van der Waals surface area contributed by atoms with E-state index in [4.69, 9.17) is 23.2 Å². The van der Waals surface area contributed by atoms with Crippen molar-refractivity contribution >= 4 is 56.5 Å². The van der Waals surface area contributed by atoms with E-state index >= 15 is 0 Å². The third kappa shape index (κ3) is 3.16. The van der Waals surface area contributed by atoms with Crippen LogP contribution in [0.5, 0.6) is 0 Å². The van der Waals surface area contributed by atoms with Gasteiger partial charge in [-0.1, -0.05) is 58.2 Å². The van der Waals surface area contributed by atoms with Crippen molar-refractivity contribution in [2.24, 2.45) is 11.0 Å². The quantitative estimate of drug-likeness (QED) is 0.713. The van der Waals surface area contributed by atoms with Gasteiger partial charge in [-0.3, -0.25) is 5.01 Å². The molecule has 0 saturated carbocycles. The van der Waals surface area contributed by atoms with Crippen molar-refractivity contribution in [3.05, 3.63) is 62.5 Å². The van der Waals surface area contributed by atoms with Gasteiger partial charge in [0.25, 0.3) is 0 Å². The van der Waals surface area contributed by atoms with E-state index in [0.29, 0.717) is 15.7 Å². The van der Waals surface area contributed by atoms with Crippen LogP contribution in [0.2, 0.25) is 10.0 Å². The minimum atomic E-state index is -1.03. The van der Waals surface area contributed by atoms with Crippen LogP contribution in [0.15, 0.2) is 52.0 Å². The Hall–Kier alpha value is -1.56. The molecule has 4 nitrogen and oxygen atoms in total. The number of carboxylic acid groups (broad SMARTS) is 1. The van der Waals surface area contributed by atoms with Crippen molar-refractivity contribution in [3.8, 4) is 0 Å². The van der Waals surface area contributed by atoms with Crippen LogP contribution in [0.4, 0.5) is 5.69 Å². The molecule has 0 fully saturated rings. The summed E-state index contributed by atoms with van der Waals surface area (Å²) in [7, 11) is 0. The number of benzene rings is 2. The summed E-state index contributed by atoms with van der Waals surface area (Å²) in [5, 5.41) is 16.4. The Kier molecular flexibility index (Phi) is 4.85. The zero-order chi connectivity index (χ0) is 17.4. The van der Waals surface area contributed by atoms with Gasteiger partial charge in [-0.2, -0.15) is 5.10 Å². The molecule has 2 aromatic rings.